The Bertz CT molecular complexity index is 692. The zero-order valence-corrected chi connectivity index (χ0v) is 14.6. The van der Waals surface area contributed by atoms with Gasteiger partial charge in [0.1, 0.15) is 0 Å². The van der Waals surface area contributed by atoms with Crippen molar-refractivity contribution in [2.75, 3.05) is 6.54 Å². The minimum Gasteiger partial charge on any atom is -0.481 e. The number of benzene rings is 1. The van der Waals surface area contributed by atoms with Crippen molar-refractivity contribution in [1.82, 2.24) is 5.32 Å². The van der Waals surface area contributed by atoms with E-state index in [1.165, 1.54) is 12.1 Å². The molecule has 0 aliphatic carbocycles. The van der Waals surface area contributed by atoms with Crippen LogP contribution in [0.1, 0.15) is 44.5 Å². The first-order valence-corrected chi connectivity index (χ1v) is 8.89. The zero-order chi connectivity index (χ0) is 17.8. The molecule has 1 rings (SSSR count). The molecule has 0 aliphatic heterocycles. The summed E-state index contributed by atoms with van der Waals surface area (Å²) in [6, 6.07) is 6.02. The summed E-state index contributed by atoms with van der Waals surface area (Å²) in [6.45, 7) is 6.39. The molecule has 1 amide bonds. The summed E-state index contributed by atoms with van der Waals surface area (Å²) >= 11 is 0. The largest absolute Gasteiger partial charge is 0.481 e. The summed E-state index contributed by atoms with van der Waals surface area (Å²) in [5.74, 6) is -1.47. The van der Waals surface area contributed by atoms with Gasteiger partial charge in [0, 0.05) is 6.54 Å². The SMILES string of the molecule is CC(C)S(=O)(=O)c1ccccc1C(=O)NCCC(C)(C)C(=O)O. The van der Waals surface area contributed by atoms with Gasteiger partial charge < -0.3 is 10.4 Å². The van der Waals surface area contributed by atoms with Crippen LogP contribution >= 0.6 is 0 Å². The molecule has 0 fully saturated rings. The number of carboxylic acids is 1. The van der Waals surface area contributed by atoms with Crippen molar-refractivity contribution in [1.29, 1.82) is 0 Å². The van der Waals surface area contributed by atoms with Gasteiger partial charge in [0.2, 0.25) is 0 Å². The fourth-order valence-electron chi connectivity index (χ4n) is 1.85. The lowest BCUT2D eigenvalue weighted by Crippen LogP contribution is -2.32. The highest BCUT2D eigenvalue weighted by atomic mass is 32.2. The van der Waals surface area contributed by atoms with E-state index in [-0.39, 0.29) is 23.4 Å². The summed E-state index contributed by atoms with van der Waals surface area (Å²) in [4.78, 5) is 23.3. The number of carbonyl (C=O) groups is 2. The third-order valence-electron chi connectivity index (χ3n) is 3.67. The van der Waals surface area contributed by atoms with Crippen molar-refractivity contribution in [3.63, 3.8) is 0 Å². The number of hydrogen-bond acceptors (Lipinski definition) is 4. The second-order valence-corrected chi connectivity index (χ2v) is 8.76. The van der Waals surface area contributed by atoms with Gasteiger partial charge in [0.05, 0.1) is 21.1 Å². The number of sulfone groups is 1. The van der Waals surface area contributed by atoms with E-state index in [4.69, 9.17) is 5.11 Å². The molecule has 0 heterocycles. The van der Waals surface area contributed by atoms with Crippen LogP contribution < -0.4 is 5.32 Å². The lowest BCUT2D eigenvalue weighted by molar-refractivity contribution is -0.147. The number of carbonyl (C=O) groups excluding carboxylic acids is 1. The molecule has 0 atom stereocenters. The van der Waals surface area contributed by atoms with Crippen molar-refractivity contribution in [3.05, 3.63) is 29.8 Å². The Morgan fingerprint density at radius 2 is 1.78 bits per heavy atom. The smallest absolute Gasteiger partial charge is 0.309 e. The molecule has 1 aromatic rings. The van der Waals surface area contributed by atoms with E-state index in [1.54, 1.807) is 39.8 Å². The molecule has 0 spiro atoms. The molecule has 0 bridgehead atoms. The molecule has 23 heavy (non-hydrogen) atoms. The average Bonchev–Trinajstić information content (AvgIpc) is 2.46. The standard InChI is InChI=1S/C16H23NO5S/c1-11(2)23(21,22)13-8-6-5-7-12(13)14(18)17-10-9-16(3,4)15(19)20/h5-8,11H,9-10H2,1-4H3,(H,17,18)(H,19,20). The Kier molecular flexibility index (Phi) is 5.93. The summed E-state index contributed by atoms with van der Waals surface area (Å²) < 4.78 is 24.6. The fourth-order valence-corrected chi connectivity index (χ4v) is 3.09. The molecule has 0 aliphatic rings. The van der Waals surface area contributed by atoms with E-state index in [0.29, 0.717) is 0 Å². The first-order valence-electron chi connectivity index (χ1n) is 7.34. The maximum atomic E-state index is 12.3. The van der Waals surface area contributed by atoms with E-state index in [2.05, 4.69) is 5.32 Å². The predicted octanol–water partition coefficient (Wildman–Crippen LogP) is 2.10. The number of rotatable bonds is 7. The number of hydrogen-bond donors (Lipinski definition) is 2. The normalized spacial score (nSPS) is 12.2. The molecule has 2 N–H and O–H groups in total. The molecule has 0 aromatic heterocycles. The van der Waals surface area contributed by atoms with Gasteiger partial charge in [-0.25, -0.2) is 8.42 Å². The molecule has 0 radical (unpaired) electrons. The highest BCUT2D eigenvalue weighted by Crippen LogP contribution is 2.22. The van der Waals surface area contributed by atoms with Crippen molar-refractivity contribution in [3.8, 4) is 0 Å². The summed E-state index contributed by atoms with van der Waals surface area (Å²) in [6.07, 6.45) is 0.243. The van der Waals surface area contributed by atoms with Gasteiger partial charge in [-0.1, -0.05) is 12.1 Å². The lowest BCUT2D eigenvalue weighted by atomic mass is 9.90. The van der Waals surface area contributed by atoms with Crippen LogP contribution in [0.25, 0.3) is 0 Å². The fraction of sp³-hybridized carbons (Fsp3) is 0.500. The van der Waals surface area contributed by atoms with Crippen molar-refractivity contribution in [2.45, 2.75) is 44.3 Å². The molecule has 0 saturated heterocycles. The van der Waals surface area contributed by atoms with E-state index < -0.39 is 32.4 Å². The Hall–Kier alpha value is -1.89. The van der Waals surface area contributed by atoms with Gasteiger partial charge in [-0.05, 0) is 46.2 Å². The minimum atomic E-state index is -3.57. The van der Waals surface area contributed by atoms with Crippen LogP contribution in [-0.4, -0.2) is 37.2 Å². The van der Waals surface area contributed by atoms with E-state index >= 15 is 0 Å². The van der Waals surface area contributed by atoms with Crippen molar-refractivity contribution >= 4 is 21.7 Å². The van der Waals surface area contributed by atoms with E-state index in [1.807, 2.05) is 0 Å². The van der Waals surface area contributed by atoms with Crippen LogP contribution in [0.4, 0.5) is 0 Å². The first kappa shape index (κ1) is 19.2. The Morgan fingerprint density at radius 3 is 2.30 bits per heavy atom. The maximum Gasteiger partial charge on any atom is 0.309 e. The van der Waals surface area contributed by atoms with Crippen LogP contribution in [0.3, 0.4) is 0 Å². The molecule has 1 aromatic carbocycles. The van der Waals surface area contributed by atoms with Gasteiger partial charge in [0.15, 0.2) is 9.84 Å². The minimum absolute atomic E-state index is 0.00926. The second kappa shape index (κ2) is 7.12. The maximum absolute atomic E-state index is 12.3. The van der Waals surface area contributed by atoms with Crippen LogP contribution in [0.5, 0.6) is 0 Å². The molecule has 0 unspecified atom stereocenters. The second-order valence-electron chi connectivity index (χ2n) is 6.28. The van der Waals surface area contributed by atoms with Crippen LogP contribution in [0, 0.1) is 5.41 Å². The Morgan fingerprint density at radius 1 is 1.22 bits per heavy atom. The van der Waals surface area contributed by atoms with Gasteiger partial charge in [-0.15, -0.1) is 0 Å². The lowest BCUT2D eigenvalue weighted by Gasteiger charge is -2.19. The molecular formula is C16H23NO5S. The van der Waals surface area contributed by atoms with Gasteiger partial charge in [-0.3, -0.25) is 9.59 Å². The highest BCUT2D eigenvalue weighted by Gasteiger charge is 2.28. The van der Waals surface area contributed by atoms with Crippen LogP contribution in [0.15, 0.2) is 29.2 Å². The molecule has 7 heteroatoms. The monoisotopic (exact) mass is 341 g/mol. The molecule has 128 valence electrons. The molecule has 0 saturated carbocycles. The third kappa shape index (κ3) is 4.54. The van der Waals surface area contributed by atoms with Crippen molar-refractivity contribution in [2.24, 2.45) is 5.41 Å². The van der Waals surface area contributed by atoms with E-state index in [0.717, 1.165) is 0 Å². The summed E-state index contributed by atoms with van der Waals surface area (Å²) in [5, 5.41) is 11.0. The van der Waals surface area contributed by atoms with Crippen molar-refractivity contribution < 1.29 is 23.1 Å². The average molecular weight is 341 g/mol. The highest BCUT2D eigenvalue weighted by molar-refractivity contribution is 7.92. The summed E-state index contributed by atoms with van der Waals surface area (Å²) in [5.41, 5.74) is -0.883. The Labute approximate surface area is 136 Å². The quantitative estimate of drug-likeness (QED) is 0.791. The van der Waals surface area contributed by atoms with Gasteiger partial charge in [0.25, 0.3) is 5.91 Å². The third-order valence-corrected chi connectivity index (χ3v) is 5.88. The number of aliphatic carboxylic acids is 1. The molecular weight excluding hydrogens is 318 g/mol. The van der Waals surface area contributed by atoms with Gasteiger partial charge in [-0.2, -0.15) is 0 Å². The number of nitrogens with one attached hydrogen (secondary N) is 1. The Balaban J connectivity index is 2.93. The number of carboxylic acid groups (broad SMARTS) is 1. The van der Waals surface area contributed by atoms with Crippen LogP contribution in [0.2, 0.25) is 0 Å². The summed E-state index contributed by atoms with van der Waals surface area (Å²) in [7, 11) is -3.57. The van der Waals surface area contributed by atoms with Crippen LogP contribution in [-0.2, 0) is 14.6 Å². The topological polar surface area (TPSA) is 101 Å². The first-order chi connectivity index (χ1) is 10.5. The molecule has 6 nitrogen and oxygen atoms in total. The number of amides is 1. The van der Waals surface area contributed by atoms with E-state index in [9.17, 15) is 18.0 Å². The predicted molar refractivity (Wildman–Crippen MR) is 87.1 cm³/mol. The zero-order valence-electron chi connectivity index (χ0n) is 13.8. The van der Waals surface area contributed by atoms with Gasteiger partial charge >= 0.3 is 5.97 Å².